The van der Waals surface area contributed by atoms with Crippen molar-refractivity contribution in [3.05, 3.63) is 16.1 Å². The molecule has 0 amide bonds. The van der Waals surface area contributed by atoms with Crippen LogP contribution < -0.4 is 10.6 Å². The molecule has 0 spiro atoms. The first-order valence-corrected chi connectivity index (χ1v) is 8.98. The molecule has 0 aliphatic carbocycles. The fourth-order valence-corrected chi connectivity index (χ4v) is 3.48. The van der Waals surface area contributed by atoms with Crippen LogP contribution in [0.4, 0.5) is 13.2 Å². The summed E-state index contributed by atoms with van der Waals surface area (Å²) in [5.41, 5.74) is -0.813. The summed E-state index contributed by atoms with van der Waals surface area (Å²) in [5, 5.41) is 7.94. The second-order valence-corrected chi connectivity index (χ2v) is 6.74. The molecule has 2 N–H and O–H groups in total. The number of nitrogens with one attached hydrogen (secondary N) is 2. The van der Waals surface area contributed by atoms with Gasteiger partial charge in [-0.3, -0.25) is 4.99 Å². The molecule has 2 rings (SSSR count). The minimum absolute atomic E-state index is 0.439. The van der Waals surface area contributed by atoms with Gasteiger partial charge in [-0.25, -0.2) is 4.98 Å². The van der Waals surface area contributed by atoms with Gasteiger partial charge in [0.2, 0.25) is 0 Å². The Hall–Kier alpha value is -1.35. The molecule has 1 fully saturated rings. The number of thiazole rings is 1. The minimum Gasteiger partial charge on any atom is -0.356 e. The van der Waals surface area contributed by atoms with Crippen LogP contribution in [0.1, 0.15) is 24.0 Å². The van der Waals surface area contributed by atoms with E-state index in [1.54, 1.807) is 7.05 Å². The Morgan fingerprint density at radius 2 is 2.25 bits per heavy atom. The van der Waals surface area contributed by atoms with Crippen molar-refractivity contribution >= 4 is 17.3 Å². The number of aromatic nitrogens is 1. The van der Waals surface area contributed by atoms with Gasteiger partial charge in [-0.1, -0.05) is 6.92 Å². The van der Waals surface area contributed by atoms with E-state index in [1.165, 1.54) is 6.42 Å². The summed E-state index contributed by atoms with van der Waals surface area (Å²) in [6.07, 6.45) is -2.75. The number of hydrogen-bond acceptors (Lipinski definition) is 4. The van der Waals surface area contributed by atoms with Crippen LogP contribution in [-0.2, 0) is 12.6 Å². The maximum Gasteiger partial charge on any atom is 0.434 e. The van der Waals surface area contributed by atoms with Crippen molar-refractivity contribution in [1.29, 1.82) is 0 Å². The molecule has 0 saturated carbocycles. The lowest BCUT2D eigenvalue weighted by Gasteiger charge is -2.16. The Balaban J connectivity index is 1.69. The Labute approximate surface area is 144 Å². The van der Waals surface area contributed by atoms with E-state index in [4.69, 9.17) is 0 Å². The highest BCUT2D eigenvalue weighted by atomic mass is 32.1. The summed E-state index contributed by atoms with van der Waals surface area (Å²) >= 11 is 1.04. The zero-order valence-electron chi connectivity index (χ0n) is 14.0. The molecule has 1 saturated heterocycles. The van der Waals surface area contributed by atoms with E-state index in [2.05, 4.69) is 32.4 Å². The lowest BCUT2D eigenvalue weighted by Crippen LogP contribution is -2.41. The van der Waals surface area contributed by atoms with Crippen molar-refractivity contribution < 1.29 is 13.2 Å². The van der Waals surface area contributed by atoms with Gasteiger partial charge in [-0.15, -0.1) is 11.3 Å². The second kappa shape index (κ2) is 8.66. The van der Waals surface area contributed by atoms with Crippen molar-refractivity contribution in [2.24, 2.45) is 10.9 Å². The zero-order valence-corrected chi connectivity index (χ0v) is 14.8. The molecule has 1 aromatic heterocycles. The molecule has 0 bridgehead atoms. The summed E-state index contributed by atoms with van der Waals surface area (Å²) < 4.78 is 37.5. The number of halogens is 3. The third kappa shape index (κ3) is 5.62. The maximum absolute atomic E-state index is 12.5. The Bertz CT molecular complexity index is 543. The Morgan fingerprint density at radius 1 is 1.46 bits per heavy atom. The highest BCUT2D eigenvalue weighted by molar-refractivity contribution is 7.09. The van der Waals surface area contributed by atoms with Gasteiger partial charge in [0.05, 0.1) is 5.01 Å². The van der Waals surface area contributed by atoms with Gasteiger partial charge in [0.25, 0.3) is 0 Å². The average molecular weight is 363 g/mol. The van der Waals surface area contributed by atoms with Crippen molar-refractivity contribution in [2.75, 3.05) is 39.8 Å². The molecule has 0 aromatic carbocycles. The molecule has 1 aliphatic rings. The third-order valence-corrected chi connectivity index (χ3v) is 4.98. The molecular weight excluding hydrogens is 339 g/mol. The molecule has 136 valence electrons. The Morgan fingerprint density at radius 3 is 2.83 bits per heavy atom. The fourth-order valence-electron chi connectivity index (χ4n) is 2.67. The van der Waals surface area contributed by atoms with E-state index >= 15 is 0 Å². The number of guanidine groups is 1. The van der Waals surface area contributed by atoms with Gasteiger partial charge in [0.15, 0.2) is 11.7 Å². The van der Waals surface area contributed by atoms with E-state index in [-0.39, 0.29) is 0 Å². The van der Waals surface area contributed by atoms with Crippen LogP contribution in [0, 0.1) is 5.92 Å². The minimum atomic E-state index is -4.37. The lowest BCUT2D eigenvalue weighted by atomic mass is 10.1. The zero-order chi connectivity index (χ0) is 17.6. The van der Waals surface area contributed by atoms with Crippen LogP contribution in [0.15, 0.2) is 10.4 Å². The summed E-state index contributed by atoms with van der Waals surface area (Å²) in [7, 11) is 1.69. The van der Waals surface area contributed by atoms with Crippen LogP contribution in [0.5, 0.6) is 0 Å². The van der Waals surface area contributed by atoms with Gasteiger partial charge in [-0.05, 0) is 25.4 Å². The third-order valence-electron chi connectivity index (χ3n) is 4.07. The largest absolute Gasteiger partial charge is 0.434 e. The highest BCUT2D eigenvalue weighted by Crippen LogP contribution is 2.29. The fraction of sp³-hybridized carbons (Fsp3) is 0.733. The normalized spacial score (nSPS) is 19.7. The van der Waals surface area contributed by atoms with Gasteiger partial charge in [0.1, 0.15) is 0 Å². The average Bonchev–Trinajstić information content (AvgIpc) is 3.19. The van der Waals surface area contributed by atoms with E-state index < -0.39 is 11.9 Å². The summed E-state index contributed by atoms with van der Waals surface area (Å²) in [4.78, 5) is 10.2. The second-order valence-electron chi connectivity index (χ2n) is 5.80. The molecular formula is C15H24F3N5S. The van der Waals surface area contributed by atoms with Gasteiger partial charge >= 0.3 is 6.18 Å². The van der Waals surface area contributed by atoms with Crippen molar-refractivity contribution in [2.45, 2.75) is 25.9 Å². The van der Waals surface area contributed by atoms with Crippen molar-refractivity contribution in [3.8, 4) is 0 Å². The molecule has 1 aliphatic heterocycles. The van der Waals surface area contributed by atoms with Gasteiger partial charge < -0.3 is 15.5 Å². The summed E-state index contributed by atoms with van der Waals surface area (Å²) in [5.74, 6) is 1.29. The highest BCUT2D eigenvalue weighted by Gasteiger charge is 2.33. The molecule has 1 aromatic rings. The predicted octanol–water partition coefficient (Wildman–Crippen LogP) is 2.21. The molecule has 2 heterocycles. The predicted molar refractivity (Wildman–Crippen MR) is 90.4 cm³/mol. The first kappa shape index (κ1) is 19.0. The Kier molecular flexibility index (Phi) is 6.85. The summed E-state index contributed by atoms with van der Waals surface area (Å²) in [6, 6.07) is 0. The van der Waals surface area contributed by atoms with Crippen LogP contribution in [0.3, 0.4) is 0 Å². The first-order chi connectivity index (χ1) is 11.4. The molecule has 1 unspecified atom stereocenters. The smallest absolute Gasteiger partial charge is 0.356 e. The number of rotatable bonds is 6. The van der Waals surface area contributed by atoms with Crippen molar-refractivity contribution in [1.82, 2.24) is 20.5 Å². The van der Waals surface area contributed by atoms with Gasteiger partial charge in [0, 0.05) is 38.5 Å². The standard InChI is InChI=1S/C15H24F3N5S/c1-3-23-7-5-11(9-23)8-21-14(19-2)20-6-4-13-22-12(10-24-13)15(16,17)18/h10-11H,3-9H2,1-2H3,(H2,19,20,21). The molecule has 5 nitrogen and oxygen atoms in total. The molecule has 0 radical (unpaired) electrons. The summed E-state index contributed by atoms with van der Waals surface area (Å²) in [6.45, 7) is 6.83. The number of likely N-dealkylation sites (tertiary alicyclic amines) is 1. The van der Waals surface area contributed by atoms with Crippen LogP contribution in [0.25, 0.3) is 0 Å². The van der Waals surface area contributed by atoms with Crippen LogP contribution in [-0.4, -0.2) is 55.6 Å². The van der Waals surface area contributed by atoms with Crippen LogP contribution >= 0.6 is 11.3 Å². The molecule has 1 atom stereocenters. The molecule has 24 heavy (non-hydrogen) atoms. The number of aliphatic imine (C=N–C) groups is 1. The lowest BCUT2D eigenvalue weighted by molar-refractivity contribution is -0.140. The van der Waals surface area contributed by atoms with E-state index in [1.807, 2.05) is 0 Å². The van der Waals surface area contributed by atoms with E-state index in [0.717, 1.165) is 42.9 Å². The van der Waals surface area contributed by atoms with Crippen molar-refractivity contribution in [3.63, 3.8) is 0 Å². The van der Waals surface area contributed by atoms with Gasteiger partial charge in [-0.2, -0.15) is 13.2 Å². The topological polar surface area (TPSA) is 52.5 Å². The first-order valence-electron chi connectivity index (χ1n) is 8.10. The van der Waals surface area contributed by atoms with E-state index in [0.29, 0.717) is 29.9 Å². The quantitative estimate of drug-likeness (QED) is 0.601. The number of hydrogen-bond donors (Lipinski definition) is 2. The molecule has 9 heteroatoms. The van der Waals surface area contributed by atoms with E-state index in [9.17, 15) is 13.2 Å². The number of alkyl halides is 3. The maximum atomic E-state index is 12.5. The SMILES string of the molecule is CCN1CCC(CNC(=NC)NCCc2nc(C(F)(F)F)cs2)C1. The van der Waals surface area contributed by atoms with Crippen LogP contribution in [0.2, 0.25) is 0 Å². The monoisotopic (exact) mass is 363 g/mol. The number of nitrogens with zero attached hydrogens (tertiary/aromatic N) is 3.